The van der Waals surface area contributed by atoms with E-state index in [0.29, 0.717) is 11.4 Å². The first-order valence-electron chi connectivity index (χ1n) is 7.74. The van der Waals surface area contributed by atoms with E-state index in [4.69, 9.17) is 5.53 Å². The molecule has 0 atom stereocenters. The predicted molar refractivity (Wildman–Crippen MR) is 101 cm³/mol. The second-order valence-electron chi connectivity index (χ2n) is 5.38. The maximum Gasteiger partial charge on any atom is 0.100 e. The highest BCUT2D eigenvalue weighted by atomic mass is 15.1. The number of nitrogens with zero attached hydrogens (tertiary/aromatic N) is 5. The predicted octanol–water partition coefficient (Wildman–Crippen LogP) is 6.74. The standard InChI is InChI=1S/C20H15N5/c1-15-10-12-16(13-11-15)22-14-23-19-8-4-2-6-17(19)18-7-3-5-9-20(18)24-25-21/h2-13H,1H3. The number of hydrogen-bond donors (Lipinski definition) is 0. The zero-order chi connectivity index (χ0) is 17.5. The van der Waals surface area contributed by atoms with E-state index in [-0.39, 0.29) is 0 Å². The monoisotopic (exact) mass is 325 g/mol. The van der Waals surface area contributed by atoms with Gasteiger partial charge >= 0.3 is 0 Å². The summed E-state index contributed by atoms with van der Waals surface area (Å²) in [6.45, 7) is 2.03. The van der Waals surface area contributed by atoms with Crippen LogP contribution >= 0.6 is 0 Å². The molecule has 0 aromatic heterocycles. The van der Waals surface area contributed by atoms with Gasteiger partial charge in [0, 0.05) is 16.2 Å². The van der Waals surface area contributed by atoms with Gasteiger partial charge in [-0.15, -0.1) is 0 Å². The molecule has 0 amide bonds. The fourth-order valence-electron chi connectivity index (χ4n) is 2.39. The lowest BCUT2D eigenvalue weighted by Crippen LogP contribution is -1.79. The number of azide groups is 1. The second kappa shape index (κ2) is 7.75. The first kappa shape index (κ1) is 16.2. The minimum atomic E-state index is 0.558. The highest BCUT2D eigenvalue weighted by Gasteiger charge is 2.07. The van der Waals surface area contributed by atoms with Crippen LogP contribution in [0.3, 0.4) is 0 Å². The van der Waals surface area contributed by atoms with E-state index in [9.17, 15) is 0 Å². The summed E-state index contributed by atoms with van der Waals surface area (Å²) in [6, 6.07) is 25.6. The molecule has 5 heteroatoms. The molecule has 0 N–H and O–H groups in total. The molecule has 25 heavy (non-hydrogen) atoms. The second-order valence-corrected chi connectivity index (χ2v) is 5.38. The molecule has 0 saturated heterocycles. The quantitative estimate of drug-likeness (QED) is 0.220. The molecule has 3 rings (SSSR count). The summed E-state index contributed by atoms with van der Waals surface area (Å²) in [6.07, 6.45) is 0. The molecule has 0 fully saturated rings. The number of para-hydroxylation sites is 1. The first-order chi connectivity index (χ1) is 12.3. The van der Waals surface area contributed by atoms with Crippen molar-refractivity contribution in [1.29, 1.82) is 0 Å². The Balaban J connectivity index is 2.01. The fourth-order valence-corrected chi connectivity index (χ4v) is 2.39. The fraction of sp³-hybridized carbons (Fsp3) is 0.0500. The van der Waals surface area contributed by atoms with E-state index >= 15 is 0 Å². The summed E-state index contributed by atoms with van der Waals surface area (Å²) >= 11 is 0. The average Bonchev–Trinajstić information content (AvgIpc) is 2.65. The van der Waals surface area contributed by atoms with E-state index < -0.39 is 0 Å². The van der Waals surface area contributed by atoms with Crippen LogP contribution < -0.4 is 0 Å². The molecule has 0 aliphatic rings. The summed E-state index contributed by atoms with van der Waals surface area (Å²) in [5.74, 6) is 0. The topological polar surface area (TPSA) is 73.5 Å². The van der Waals surface area contributed by atoms with Crippen LogP contribution in [0.1, 0.15) is 5.56 Å². The van der Waals surface area contributed by atoms with E-state index in [0.717, 1.165) is 16.8 Å². The SMILES string of the molecule is Cc1ccc(N=C=Nc2ccccc2-c2ccccc2N=[N+]=[N-])cc1. The van der Waals surface area contributed by atoms with Crippen LogP contribution in [0.25, 0.3) is 21.6 Å². The zero-order valence-electron chi connectivity index (χ0n) is 13.7. The van der Waals surface area contributed by atoms with Crippen LogP contribution in [-0.4, -0.2) is 6.01 Å². The average molecular weight is 325 g/mol. The van der Waals surface area contributed by atoms with E-state index in [2.05, 4.69) is 26.0 Å². The third-order valence-electron chi connectivity index (χ3n) is 3.63. The van der Waals surface area contributed by atoms with Crippen LogP contribution in [0, 0.1) is 6.92 Å². The van der Waals surface area contributed by atoms with Crippen molar-refractivity contribution in [3.05, 3.63) is 88.8 Å². The molecule has 0 saturated carbocycles. The Labute approximate surface area is 145 Å². The largest absolute Gasteiger partial charge is 0.188 e. The molecule has 0 heterocycles. The molecule has 0 spiro atoms. The van der Waals surface area contributed by atoms with Gasteiger partial charge in [0.2, 0.25) is 0 Å². The van der Waals surface area contributed by atoms with Crippen LogP contribution in [0.5, 0.6) is 0 Å². The number of aliphatic imine (C=N–C) groups is 2. The van der Waals surface area contributed by atoms with Gasteiger partial charge < -0.3 is 0 Å². The summed E-state index contributed by atoms with van der Waals surface area (Å²) < 4.78 is 0. The molecular formula is C20H15N5. The third kappa shape index (κ3) is 4.01. The van der Waals surface area contributed by atoms with Gasteiger partial charge in [-0.05, 0) is 36.2 Å². The van der Waals surface area contributed by atoms with E-state index in [1.54, 1.807) is 6.07 Å². The molecule has 120 valence electrons. The van der Waals surface area contributed by atoms with Gasteiger partial charge in [-0.25, -0.2) is 0 Å². The Hall–Kier alpha value is -3.65. The highest BCUT2D eigenvalue weighted by Crippen LogP contribution is 2.36. The van der Waals surface area contributed by atoms with Crippen molar-refractivity contribution in [2.24, 2.45) is 15.1 Å². The lowest BCUT2D eigenvalue weighted by molar-refractivity contribution is 1.43. The Morgan fingerprint density at radius 2 is 1.36 bits per heavy atom. The Kier molecular flexibility index (Phi) is 5.03. The molecule has 3 aromatic carbocycles. The minimum absolute atomic E-state index is 0.558. The Bertz CT molecular complexity index is 993. The smallest absolute Gasteiger partial charge is 0.100 e. The van der Waals surface area contributed by atoms with Crippen LogP contribution in [-0.2, 0) is 0 Å². The lowest BCUT2D eigenvalue weighted by Gasteiger charge is -2.07. The normalized spacial score (nSPS) is 9.64. The maximum absolute atomic E-state index is 8.75. The number of benzene rings is 3. The molecule has 0 radical (unpaired) electrons. The van der Waals surface area contributed by atoms with Gasteiger partial charge in [-0.3, -0.25) is 0 Å². The van der Waals surface area contributed by atoms with Crippen molar-refractivity contribution >= 4 is 23.1 Å². The van der Waals surface area contributed by atoms with Crippen LogP contribution in [0.2, 0.25) is 0 Å². The van der Waals surface area contributed by atoms with Gasteiger partial charge in [0.05, 0.1) is 11.4 Å². The van der Waals surface area contributed by atoms with Gasteiger partial charge in [-0.2, -0.15) is 9.98 Å². The molecule has 0 bridgehead atoms. The van der Waals surface area contributed by atoms with Crippen molar-refractivity contribution in [3.63, 3.8) is 0 Å². The number of aryl methyl sites for hydroxylation is 1. The van der Waals surface area contributed by atoms with Crippen molar-refractivity contribution in [1.82, 2.24) is 0 Å². The Morgan fingerprint density at radius 3 is 2.04 bits per heavy atom. The van der Waals surface area contributed by atoms with E-state index in [1.807, 2.05) is 73.7 Å². The molecule has 5 nitrogen and oxygen atoms in total. The molecule has 0 unspecified atom stereocenters. The summed E-state index contributed by atoms with van der Waals surface area (Å²) in [5, 5.41) is 3.76. The van der Waals surface area contributed by atoms with Crippen LogP contribution in [0.4, 0.5) is 17.1 Å². The molecule has 3 aromatic rings. The Morgan fingerprint density at radius 1 is 0.760 bits per heavy atom. The van der Waals surface area contributed by atoms with Gasteiger partial charge in [-0.1, -0.05) is 65.3 Å². The number of hydrogen-bond acceptors (Lipinski definition) is 3. The number of rotatable bonds is 4. The highest BCUT2D eigenvalue weighted by molar-refractivity contribution is 5.84. The van der Waals surface area contributed by atoms with Gasteiger partial charge in [0.1, 0.15) is 6.01 Å². The lowest BCUT2D eigenvalue weighted by atomic mass is 10.0. The van der Waals surface area contributed by atoms with Crippen molar-refractivity contribution in [3.8, 4) is 11.1 Å². The molecular weight excluding hydrogens is 310 g/mol. The van der Waals surface area contributed by atoms with Gasteiger partial charge in [0.15, 0.2) is 0 Å². The summed E-state index contributed by atoms with van der Waals surface area (Å²) in [4.78, 5) is 11.5. The summed E-state index contributed by atoms with van der Waals surface area (Å²) in [7, 11) is 0. The first-order valence-corrected chi connectivity index (χ1v) is 7.74. The third-order valence-corrected chi connectivity index (χ3v) is 3.63. The van der Waals surface area contributed by atoms with E-state index in [1.165, 1.54) is 5.56 Å². The van der Waals surface area contributed by atoms with Crippen molar-refractivity contribution in [2.75, 3.05) is 0 Å². The van der Waals surface area contributed by atoms with Gasteiger partial charge in [0.25, 0.3) is 0 Å². The summed E-state index contributed by atoms with van der Waals surface area (Å²) in [5.41, 5.74) is 13.7. The zero-order valence-corrected chi connectivity index (χ0v) is 13.7. The molecule has 0 aliphatic heterocycles. The minimum Gasteiger partial charge on any atom is -0.188 e. The van der Waals surface area contributed by atoms with Crippen LogP contribution in [0.15, 0.2) is 87.9 Å². The van der Waals surface area contributed by atoms with Crippen molar-refractivity contribution < 1.29 is 0 Å². The molecule has 0 aliphatic carbocycles. The van der Waals surface area contributed by atoms with Crippen molar-refractivity contribution in [2.45, 2.75) is 6.92 Å². The maximum atomic E-state index is 8.75.